The van der Waals surface area contributed by atoms with Gasteiger partial charge < -0.3 is 10.2 Å². The van der Waals surface area contributed by atoms with Gasteiger partial charge in [0.05, 0.1) is 0 Å². The van der Waals surface area contributed by atoms with Crippen molar-refractivity contribution < 1.29 is 15.0 Å². The number of aliphatic hydroxyl groups is 1. The summed E-state index contributed by atoms with van der Waals surface area (Å²) in [5.74, 6) is -1.10. The maximum atomic E-state index is 10.5. The molecule has 2 N–H and O–H groups in total. The van der Waals surface area contributed by atoms with Gasteiger partial charge >= 0.3 is 5.97 Å². The van der Waals surface area contributed by atoms with E-state index < -0.39 is 12.1 Å². The molecule has 0 spiro atoms. The Morgan fingerprint density at radius 2 is 1.12 bits per heavy atom. The van der Waals surface area contributed by atoms with Gasteiger partial charge in [-0.15, -0.1) is 0 Å². The molecule has 0 bridgehead atoms. The summed E-state index contributed by atoms with van der Waals surface area (Å²) in [4.78, 5) is 10.5. The lowest BCUT2D eigenvalue weighted by Crippen LogP contribution is -2.18. The number of aliphatic hydroxyl groups excluding tert-OH is 1. The first-order valence-corrected chi connectivity index (χ1v) is 10.7. The topological polar surface area (TPSA) is 57.5 Å². The van der Waals surface area contributed by atoms with Crippen LogP contribution in [0, 0.1) is 0 Å². The van der Waals surface area contributed by atoms with Crippen LogP contribution in [0.4, 0.5) is 0 Å². The summed E-state index contributed by atoms with van der Waals surface area (Å²) >= 11 is 0. The highest BCUT2D eigenvalue weighted by Crippen LogP contribution is 2.12. The molecule has 0 radical (unpaired) electrons. The smallest absolute Gasteiger partial charge is 0.332 e. The van der Waals surface area contributed by atoms with Crippen molar-refractivity contribution in [2.24, 2.45) is 0 Å². The third kappa shape index (κ3) is 19.3. The lowest BCUT2D eigenvalue weighted by atomic mass is 10.0. The Bertz CT molecular complexity index is 312. The highest BCUT2D eigenvalue weighted by molar-refractivity contribution is 5.71. The number of allylic oxidation sites excluding steroid dienone is 2. The minimum Gasteiger partial charge on any atom is -0.479 e. The molecule has 0 aliphatic carbocycles. The Balaban J connectivity index is 3.13. The van der Waals surface area contributed by atoms with Gasteiger partial charge in [-0.3, -0.25) is 0 Å². The monoisotopic (exact) mass is 354 g/mol. The molecular weight excluding hydrogens is 312 g/mol. The van der Waals surface area contributed by atoms with E-state index in [1.807, 2.05) is 0 Å². The van der Waals surface area contributed by atoms with Crippen molar-refractivity contribution >= 4 is 5.97 Å². The van der Waals surface area contributed by atoms with Gasteiger partial charge in [-0.05, 0) is 32.1 Å². The van der Waals surface area contributed by atoms with Crippen molar-refractivity contribution in [1.82, 2.24) is 0 Å². The van der Waals surface area contributed by atoms with Crippen LogP contribution in [0.2, 0.25) is 0 Å². The molecule has 0 aromatic heterocycles. The molecule has 1 atom stereocenters. The van der Waals surface area contributed by atoms with Gasteiger partial charge in [-0.1, -0.05) is 96.1 Å². The second-order valence-corrected chi connectivity index (χ2v) is 7.29. The van der Waals surface area contributed by atoms with Gasteiger partial charge in [-0.25, -0.2) is 4.79 Å². The average Bonchev–Trinajstić information content (AvgIpc) is 2.60. The summed E-state index contributed by atoms with van der Waals surface area (Å²) in [6.45, 7) is 2.26. The Hall–Kier alpha value is -0.830. The molecule has 0 saturated carbocycles. The first-order valence-electron chi connectivity index (χ1n) is 10.7. The van der Waals surface area contributed by atoms with E-state index in [0.717, 1.165) is 19.3 Å². The molecule has 0 amide bonds. The molecule has 1 unspecified atom stereocenters. The van der Waals surface area contributed by atoms with Crippen LogP contribution in [0.5, 0.6) is 0 Å². The zero-order valence-electron chi connectivity index (χ0n) is 16.6. The summed E-state index contributed by atoms with van der Waals surface area (Å²) in [6.07, 6.45) is 24.1. The number of carbonyl (C=O) groups is 1. The number of unbranched alkanes of at least 4 members (excludes halogenated alkanes) is 14. The van der Waals surface area contributed by atoms with Gasteiger partial charge in [-0.2, -0.15) is 0 Å². The van der Waals surface area contributed by atoms with Crippen molar-refractivity contribution in [3.05, 3.63) is 12.2 Å². The lowest BCUT2D eigenvalue weighted by Gasteiger charge is -2.05. The Kier molecular flexibility index (Phi) is 18.8. The first-order chi connectivity index (χ1) is 12.2. The molecule has 0 aliphatic rings. The van der Waals surface area contributed by atoms with Gasteiger partial charge in [0.2, 0.25) is 0 Å². The van der Waals surface area contributed by atoms with E-state index in [0.29, 0.717) is 6.42 Å². The molecule has 0 aromatic rings. The fourth-order valence-corrected chi connectivity index (χ4v) is 3.06. The molecular formula is C22H42O3. The number of hydrogen-bond donors (Lipinski definition) is 2. The molecule has 0 aromatic carbocycles. The number of hydrogen-bond acceptors (Lipinski definition) is 2. The third-order valence-electron chi connectivity index (χ3n) is 4.77. The quantitative estimate of drug-likeness (QED) is 0.202. The highest BCUT2D eigenvalue weighted by Gasteiger charge is 2.11. The van der Waals surface area contributed by atoms with Crippen molar-refractivity contribution in [2.45, 2.75) is 122 Å². The molecule has 0 rings (SSSR count). The summed E-state index contributed by atoms with van der Waals surface area (Å²) in [7, 11) is 0. The van der Waals surface area contributed by atoms with Crippen molar-refractivity contribution in [3.63, 3.8) is 0 Å². The predicted octanol–water partition coefficient (Wildman–Crippen LogP) is 6.64. The summed E-state index contributed by atoms with van der Waals surface area (Å²) in [6, 6.07) is 0. The van der Waals surface area contributed by atoms with Crippen LogP contribution in [0.25, 0.3) is 0 Å². The van der Waals surface area contributed by atoms with Crippen LogP contribution < -0.4 is 0 Å². The van der Waals surface area contributed by atoms with Gasteiger partial charge in [0.1, 0.15) is 0 Å². The van der Waals surface area contributed by atoms with Crippen LogP contribution in [0.1, 0.15) is 116 Å². The second-order valence-electron chi connectivity index (χ2n) is 7.29. The zero-order chi connectivity index (χ0) is 18.6. The third-order valence-corrected chi connectivity index (χ3v) is 4.77. The predicted molar refractivity (Wildman–Crippen MR) is 107 cm³/mol. The standard InChI is InChI=1S/C22H42O3/c1-2-3-4-5-6-7-8-9-10-11-12-13-14-15-16-17-18-19-20-21(23)22(24)25/h9-10,21,23H,2-8,11-20H2,1H3,(H,24,25)/b10-9-. The van der Waals surface area contributed by atoms with Gasteiger partial charge in [0.15, 0.2) is 6.10 Å². The van der Waals surface area contributed by atoms with Crippen molar-refractivity contribution in [1.29, 1.82) is 0 Å². The van der Waals surface area contributed by atoms with E-state index in [2.05, 4.69) is 19.1 Å². The molecule has 25 heavy (non-hydrogen) atoms. The Labute approximate surface area is 155 Å². The molecule has 0 saturated heterocycles. The van der Waals surface area contributed by atoms with Crippen LogP contribution in [0.3, 0.4) is 0 Å². The minimum atomic E-state index is -1.17. The Morgan fingerprint density at radius 1 is 0.720 bits per heavy atom. The number of rotatable bonds is 19. The average molecular weight is 355 g/mol. The van der Waals surface area contributed by atoms with Crippen LogP contribution in [-0.4, -0.2) is 22.3 Å². The summed E-state index contributed by atoms with van der Waals surface area (Å²) in [5, 5.41) is 17.7. The molecule has 3 nitrogen and oxygen atoms in total. The normalized spacial score (nSPS) is 12.7. The van der Waals surface area contributed by atoms with E-state index >= 15 is 0 Å². The Morgan fingerprint density at radius 3 is 1.56 bits per heavy atom. The molecule has 148 valence electrons. The van der Waals surface area contributed by atoms with E-state index in [1.54, 1.807) is 0 Å². The first kappa shape index (κ1) is 24.2. The lowest BCUT2D eigenvalue weighted by molar-refractivity contribution is -0.146. The molecule has 0 heterocycles. The highest BCUT2D eigenvalue weighted by atomic mass is 16.4. The molecule has 0 fully saturated rings. The van der Waals surface area contributed by atoms with Crippen molar-refractivity contribution in [2.75, 3.05) is 0 Å². The van der Waals surface area contributed by atoms with E-state index in [1.165, 1.54) is 83.5 Å². The van der Waals surface area contributed by atoms with Crippen LogP contribution in [0.15, 0.2) is 12.2 Å². The number of carboxylic acid groups (broad SMARTS) is 1. The maximum absolute atomic E-state index is 10.5. The largest absolute Gasteiger partial charge is 0.479 e. The minimum absolute atomic E-state index is 0.389. The van der Waals surface area contributed by atoms with Crippen LogP contribution in [-0.2, 0) is 4.79 Å². The van der Waals surface area contributed by atoms with Gasteiger partial charge in [0, 0.05) is 0 Å². The van der Waals surface area contributed by atoms with Crippen molar-refractivity contribution in [3.8, 4) is 0 Å². The molecule has 3 heteroatoms. The number of aliphatic carboxylic acids is 1. The van der Waals surface area contributed by atoms with Crippen LogP contribution >= 0.6 is 0 Å². The fraction of sp³-hybridized carbons (Fsp3) is 0.864. The zero-order valence-corrected chi connectivity index (χ0v) is 16.6. The van der Waals surface area contributed by atoms with E-state index in [4.69, 9.17) is 10.2 Å². The maximum Gasteiger partial charge on any atom is 0.332 e. The van der Waals surface area contributed by atoms with Gasteiger partial charge in [0.25, 0.3) is 0 Å². The summed E-state index contributed by atoms with van der Waals surface area (Å²) < 4.78 is 0. The fourth-order valence-electron chi connectivity index (χ4n) is 3.06. The van der Waals surface area contributed by atoms with E-state index in [-0.39, 0.29) is 0 Å². The number of carboxylic acids is 1. The second kappa shape index (κ2) is 19.5. The van der Waals surface area contributed by atoms with E-state index in [9.17, 15) is 4.79 Å². The SMILES string of the molecule is CCCCCCCC/C=C\CCCCCCCCCCC(O)C(=O)O. The molecule has 0 aliphatic heterocycles. The summed E-state index contributed by atoms with van der Waals surface area (Å²) in [5.41, 5.74) is 0.